The molecule has 0 bridgehead atoms. The standard InChI is InChI=1S/C23H16F2N2O2S/c24-15-10-9-13(11-16(15)25)12-19-22(29)27-21(14-5-2-1-3-6-14)20-17(26-23(27)30-19)7-4-8-18(20)28/h1-3,5-6,9-12,21H,4,7-8H2/b19-12+. The van der Waals surface area contributed by atoms with Gasteiger partial charge in [-0.2, -0.15) is 0 Å². The first kappa shape index (κ1) is 18.8. The SMILES string of the molecule is O=C1CCCC2=C1C(c1ccccc1)n1c(s/c(=C/c3ccc(F)c(F)c3)c1=O)=N2. The molecule has 0 radical (unpaired) electrons. The highest BCUT2D eigenvalue weighted by atomic mass is 32.1. The monoisotopic (exact) mass is 422 g/mol. The molecule has 0 amide bonds. The first-order chi connectivity index (χ1) is 14.5. The highest BCUT2D eigenvalue weighted by Gasteiger charge is 2.34. The van der Waals surface area contributed by atoms with Gasteiger partial charge in [-0.05, 0) is 42.2 Å². The van der Waals surface area contributed by atoms with E-state index in [4.69, 9.17) is 0 Å². The predicted octanol–water partition coefficient (Wildman–Crippen LogP) is 3.25. The Morgan fingerprint density at radius 3 is 2.60 bits per heavy atom. The molecule has 3 aromatic rings. The first-order valence-corrected chi connectivity index (χ1v) is 10.4. The van der Waals surface area contributed by atoms with E-state index in [1.165, 1.54) is 23.5 Å². The van der Waals surface area contributed by atoms with Gasteiger partial charge in [-0.3, -0.25) is 14.2 Å². The molecule has 7 heteroatoms. The van der Waals surface area contributed by atoms with Crippen molar-refractivity contribution in [3.63, 3.8) is 0 Å². The van der Waals surface area contributed by atoms with Crippen LogP contribution in [0.3, 0.4) is 0 Å². The number of aromatic nitrogens is 1. The third-order valence-electron chi connectivity index (χ3n) is 5.38. The molecular formula is C23H16F2N2O2S. The summed E-state index contributed by atoms with van der Waals surface area (Å²) < 4.78 is 28.7. The smallest absolute Gasteiger partial charge is 0.271 e. The second kappa shape index (κ2) is 7.25. The molecule has 1 aliphatic carbocycles. The summed E-state index contributed by atoms with van der Waals surface area (Å²) in [5.41, 5.74) is 2.24. The zero-order chi connectivity index (χ0) is 20.8. The van der Waals surface area contributed by atoms with Gasteiger partial charge in [-0.1, -0.05) is 47.7 Å². The molecule has 2 heterocycles. The van der Waals surface area contributed by atoms with Crippen molar-refractivity contribution < 1.29 is 13.6 Å². The Labute approximate surface area is 174 Å². The van der Waals surface area contributed by atoms with E-state index in [1.807, 2.05) is 30.3 Å². The first-order valence-electron chi connectivity index (χ1n) is 9.61. The van der Waals surface area contributed by atoms with Crippen molar-refractivity contribution in [1.29, 1.82) is 0 Å². The van der Waals surface area contributed by atoms with Crippen LogP contribution in [0.2, 0.25) is 0 Å². The van der Waals surface area contributed by atoms with Gasteiger partial charge in [0.25, 0.3) is 5.56 Å². The van der Waals surface area contributed by atoms with E-state index < -0.39 is 17.7 Å². The minimum Gasteiger partial charge on any atom is -0.294 e. The zero-order valence-corrected chi connectivity index (χ0v) is 16.6. The molecule has 5 rings (SSSR count). The van der Waals surface area contributed by atoms with Crippen LogP contribution in [-0.2, 0) is 4.79 Å². The highest BCUT2D eigenvalue weighted by molar-refractivity contribution is 7.07. The number of Topliss-reactive ketones (excluding diaryl/α,β-unsaturated/α-hetero) is 1. The van der Waals surface area contributed by atoms with Crippen molar-refractivity contribution in [1.82, 2.24) is 4.57 Å². The lowest BCUT2D eigenvalue weighted by molar-refractivity contribution is -0.116. The Hall–Kier alpha value is -3.19. The molecular weight excluding hydrogens is 406 g/mol. The number of thiazole rings is 1. The normalized spacial score (nSPS) is 18.8. The number of rotatable bonds is 2. The van der Waals surface area contributed by atoms with Gasteiger partial charge >= 0.3 is 0 Å². The minimum absolute atomic E-state index is 0.0174. The van der Waals surface area contributed by atoms with Gasteiger partial charge in [-0.25, -0.2) is 13.8 Å². The molecule has 150 valence electrons. The van der Waals surface area contributed by atoms with Gasteiger partial charge in [-0.15, -0.1) is 0 Å². The molecule has 0 fully saturated rings. The van der Waals surface area contributed by atoms with Crippen molar-refractivity contribution in [2.45, 2.75) is 25.3 Å². The van der Waals surface area contributed by atoms with Crippen molar-refractivity contribution in [2.24, 2.45) is 4.99 Å². The second-order valence-electron chi connectivity index (χ2n) is 7.30. The van der Waals surface area contributed by atoms with Gasteiger partial charge < -0.3 is 0 Å². The largest absolute Gasteiger partial charge is 0.294 e. The van der Waals surface area contributed by atoms with Crippen molar-refractivity contribution in [2.75, 3.05) is 0 Å². The maximum atomic E-state index is 13.6. The number of nitrogens with zero attached hydrogens (tertiary/aromatic N) is 2. The van der Waals surface area contributed by atoms with Crippen LogP contribution in [0.25, 0.3) is 6.08 Å². The highest BCUT2D eigenvalue weighted by Crippen LogP contribution is 2.35. The summed E-state index contributed by atoms with van der Waals surface area (Å²) in [6.45, 7) is 0. The number of halogens is 2. The van der Waals surface area contributed by atoms with Gasteiger partial charge in [0.2, 0.25) is 0 Å². The molecule has 1 aliphatic heterocycles. The average Bonchev–Trinajstić information content (AvgIpc) is 3.05. The zero-order valence-electron chi connectivity index (χ0n) is 15.8. The third kappa shape index (κ3) is 3.06. The van der Waals surface area contributed by atoms with E-state index in [0.29, 0.717) is 33.3 Å². The Morgan fingerprint density at radius 2 is 1.83 bits per heavy atom. The van der Waals surface area contributed by atoms with Gasteiger partial charge in [0, 0.05) is 12.0 Å². The predicted molar refractivity (Wildman–Crippen MR) is 110 cm³/mol. The number of carbonyl (C=O) groups is 1. The molecule has 0 spiro atoms. The number of benzene rings is 2. The fourth-order valence-corrected chi connectivity index (χ4v) is 5.03. The van der Waals surface area contributed by atoms with Crippen LogP contribution in [0.15, 0.2) is 69.6 Å². The van der Waals surface area contributed by atoms with E-state index >= 15 is 0 Å². The summed E-state index contributed by atoms with van der Waals surface area (Å²) in [6, 6.07) is 12.4. The molecule has 0 N–H and O–H groups in total. The molecule has 1 unspecified atom stereocenters. The van der Waals surface area contributed by atoms with E-state index in [0.717, 1.165) is 29.8 Å². The Bertz CT molecular complexity index is 1390. The molecule has 2 aliphatic rings. The number of ketones is 1. The van der Waals surface area contributed by atoms with Crippen LogP contribution < -0.4 is 14.9 Å². The summed E-state index contributed by atoms with van der Waals surface area (Å²) in [6.07, 6.45) is 3.41. The lowest BCUT2D eigenvalue weighted by Gasteiger charge is -2.28. The molecule has 4 nitrogen and oxygen atoms in total. The molecule has 0 saturated carbocycles. The van der Waals surface area contributed by atoms with E-state index in [9.17, 15) is 18.4 Å². The van der Waals surface area contributed by atoms with E-state index in [-0.39, 0.29) is 11.3 Å². The maximum Gasteiger partial charge on any atom is 0.271 e. The maximum absolute atomic E-state index is 13.6. The molecule has 0 saturated heterocycles. The third-order valence-corrected chi connectivity index (χ3v) is 6.37. The lowest BCUT2D eigenvalue weighted by Crippen LogP contribution is -2.40. The summed E-state index contributed by atoms with van der Waals surface area (Å²) >= 11 is 1.19. The average molecular weight is 422 g/mol. The summed E-state index contributed by atoms with van der Waals surface area (Å²) in [5, 5.41) is 0. The minimum atomic E-state index is -0.972. The molecule has 30 heavy (non-hydrogen) atoms. The van der Waals surface area contributed by atoms with Crippen LogP contribution in [0.1, 0.15) is 36.4 Å². The van der Waals surface area contributed by atoms with E-state index in [2.05, 4.69) is 4.99 Å². The quantitative estimate of drug-likeness (QED) is 0.637. The molecule has 1 aromatic heterocycles. The summed E-state index contributed by atoms with van der Waals surface area (Å²) in [4.78, 5) is 31.2. The fourth-order valence-electron chi connectivity index (χ4n) is 4.01. The molecule has 1 atom stereocenters. The van der Waals surface area contributed by atoms with Crippen LogP contribution in [-0.4, -0.2) is 10.4 Å². The van der Waals surface area contributed by atoms with Gasteiger partial charge in [0.1, 0.15) is 0 Å². The fraction of sp³-hybridized carbons (Fsp3) is 0.174. The number of fused-ring (bicyclic) bond motifs is 1. The van der Waals surface area contributed by atoms with Crippen LogP contribution in [0.4, 0.5) is 8.78 Å². The van der Waals surface area contributed by atoms with Crippen LogP contribution >= 0.6 is 11.3 Å². The van der Waals surface area contributed by atoms with Crippen molar-refractivity contribution in [3.05, 3.63) is 102 Å². The number of carbonyl (C=O) groups excluding carboxylic acids is 1. The van der Waals surface area contributed by atoms with Crippen molar-refractivity contribution in [3.8, 4) is 0 Å². The number of allylic oxidation sites excluding steroid dienone is 2. The number of hydrogen-bond acceptors (Lipinski definition) is 4. The van der Waals surface area contributed by atoms with Gasteiger partial charge in [0.15, 0.2) is 22.2 Å². The lowest BCUT2D eigenvalue weighted by atomic mass is 9.86. The number of hydrogen-bond donors (Lipinski definition) is 0. The van der Waals surface area contributed by atoms with Crippen molar-refractivity contribution >= 4 is 23.2 Å². The Morgan fingerprint density at radius 1 is 1.03 bits per heavy atom. The second-order valence-corrected chi connectivity index (χ2v) is 8.31. The Kier molecular flexibility index (Phi) is 4.55. The van der Waals surface area contributed by atoms with Gasteiger partial charge in [0.05, 0.1) is 16.3 Å². The van der Waals surface area contributed by atoms with E-state index in [1.54, 1.807) is 4.57 Å². The molecule has 2 aromatic carbocycles. The topological polar surface area (TPSA) is 51.4 Å². The van der Waals surface area contributed by atoms with Crippen LogP contribution in [0.5, 0.6) is 0 Å². The summed E-state index contributed by atoms with van der Waals surface area (Å²) in [5.74, 6) is -1.90. The summed E-state index contributed by atoms with van der Waals surface area (Å²) in [7, 11) is 0. The Balaban J connectivity index is 1.75. The van der Waals surface area contributed by atoms with Crippen LogP contribution in [0, 0.1) is 11.6 Å².